The summed E-state index contributed by atoms with van der Waals surface area (Å²) < 4.78 is 4.92. The van der Waals surface area contributed by atoms with Gasteiger partial charge in [0.25, 0.3) is 0 Å². The summed E-state index contributed by atoms with van der Waals surface area (Å²) in [6.07, 6.45) is 0.830. The van der Waals surface area contributed by atoms with Gasteiger partial charge in [0.2, 0.25) is 0 Å². The summed E-state index contributed by atoms with van der Waals surface area (Å²) in [5, 5.41) is 10.9. The number of carbonyl (C=O) groups excluding carboxylic acids is 1. The van der Waals surface area contributed by atoms with E-state index in [-0.39, 0.29) is 5.57 Å². The number of carboxylic acid groups (broad SMARTS) is 1. The number of amides is 1. The molecule has 0 radical (unpaired) electrons. The molecule has 86 valence electrons. The minimum atomic E-state index is -1.05. The number of carbonyl (C=O) groups is 2. The molecule has 0 heterocycles. The van der Waals surface area contributed by atoms with Gasteiger partial charge in [-0.05, 0) is 27.2 Å². The molecule has 5 heteroatoms. The van der Waals surface area contributed by atoms with Gasteiger partial charge in [0.05, 0.1) is 5.57 Å². The van der Waals surface area contributed by atoms with E-state index in [9.17, 15) is 9.59 Å². The lowest BCUT2D eigenvalue weighted by atomic mass is 10.2. The van der Waals surface area contributed by atoms with Crippen molar-refractivity contribution in [3.63, 3.8) is 0 Å². The zero-order valence-electron chi connectivity index (χ0n) is 9.46. The third kappa shape index (κ3) is 6.54. The van der Waals surface area contributed by atoms with Crippen molar-refractivity contribution in [1.29, 1.82) is 0 Å². The number of nitrogens with one attached hydrogen (secondary N) is 1. The highest BCUT2D eigenvalue weighted by Crippen LogP contribution is 2.06. The Labute approximate surface area is 89.1 Å². The van der Waals surface area contributed by atoms with Gasteiger partial charge in [-0.1, -0.05) is 6.92 Å². The van der Waals surface area contributed by atoms with E-state index >= 15 is 0 Å². The maximum absolute atomic E-state index is 11.1. The van der Waals surface area contributed by atoms with Crippen molar-refractivity contribution in [1.82, 2.24) is 5.32 Å². The van der Waals surface area contributed by atoms with Crippen LogP contribution in [0.25, 0.3) is 0 Å². The monoisotopic (exact) mass is 215 g/mol. The molecule has 15 heavy (non-hydrogen) atoms. The van der Waals surface area contributed by atoms with Crippen molar-refractivity contribution in [2.24, 2.45) is 0 Å². The molecule has 0 aromatic heterocycles. The summed E-state index contributed by atoms with van der Waals surface area (Å²) >= 11 is 0. The fourth-order valence-electron chi connectivity index (χ4n) is 0.769. The summed E-state index contributed by atoms with van der Waals surface area (Å²) in [5.41, 5.74) is -0.464. The summed E-state index contributed by atoms with van der Waals surface area (Å²) in [6, 6.07) is 0. The number of hydrogen-bond donors (Lipinski definition) is 2. The Morgan fingerprint density at radius 3 is 2.27 bits per heavy atom. The average molecular weight is 215 g/mol. The first kappa shape index (κ1) is 13.5. The van der Waals surface area contributed by atoms with Crippen LogP contribution in [0.4, 0.5) is 4.79 Å². The third-order valence-corrected chi connectivity index (χ3v) is 1.42. The molecule has 0 aliphatic carbocycles. The number of aliphatic carboxylic acids is 1. The van der Waals surface area contributed by atoms with Gasteiger partial charge < -0.3 is 9.84 Å². The fraction of sp³-hybridized carbons (Fsp3) is 0.600. The highest BCUT2D eigenvalue weighted by molar-refractivity contribution is 5.87. The van der Waals surface area contributed by atoms with Gasteiger partial charge in [0.1, 0.15) is 5.60 Å². The molecular weight excluding hydrogens is 198 g/mol. The van der Waals surface area contributed by atoms with Gasteiger partial charge in [-0.3, -0.25) is 5.32 Å². The molecule has 0 aliphatic rings. The number of alkyl carbamates (subject to hydrolysis) is 1. The molecule has 0 atom stereocenters. The maximum Gasteiger partial charge on any atom is 0.411 e. The molecule has 0 spiro atoms. The molecule has 0 fully saturated rings. The zero-order chi connectivity index (χ0) is 12.1. The smallest absolute Gasteiger partial charge is 0.411 e. The fourth-order valence-corrected chi connectivity index (χ4v) is 0.769. The van der Waals surface area contributed by atoms with E-state index in [2.05, 4.69) is 5.32 Å². The van der Waals surface area contributed by atoms with Gasteiger partial charge in [0.15, 0.2) is 0 Å². The minimum Gasteiger partial charge on any atom is -0.478 e. The molecule has 0 bridgehead atoms. The lowest BCUT2D eigenvalue weighted by Crippen LogP contribution is -2.30. The Morgan fingerprint density at radius 2 is 1.93 bits per heavy atom. The molecule has 0 saturated heterocycles. The van der Waals surface area contributed by atoms with Gasteiger partial charge in [-0.25, -0.2) is 9.59 Å². The van der Waals surface area contributed by atoms with Gasteiger partial charge in [0, 0.05) is 6.20 Å². The second-order valence-electron chi connectivity index (χ2n) is 3.97. The second-order valence-corrected chi connectivity index (χ2v) is 3.97. The summed E-state index contributed by atoms with van der Waals surface area (Å²) in [5.74, 6) is -1.05. The van der Waals surface area contributed by atoms with Gasteiger partial charge in [-0.15, -0.1) is 0 Å². The first-order valence-electron chi connectivity index (χ1n) is 4.68. The average Bonchev–Trinajstić information content (AvgIpc) is 2.01. The van der Waals surface area contributed by atoms with Crippen LogP contribution in [0.3, 0.4) is 0 Å². The zero-order valence-corrected chi connectivity index (χ0v) is 9.46. The van der Waals surface area contributed by atoms with Crippen LogP contribution >= 0.6 is 0 Å². The van der Waals surface area contributed by atoms with Crippen LogP contribution in [0.5, 0.6) is 0 Å². The van der Waals surface area contributed by atoms with Crippen molar-refractivity contribution >= 4 is 12.1 Å². The first-order chi connectivity index (χ1) is 6.76. The van der Waals surface area contributed by atoms with Crippen LogP contribution in [-0.4, -0.2) is 22.8 Å². The predicted octanol–water partition coefficient (Wildman–Crippen LogP) is 1.89. The van der Waals surface area contributed by atoms with E-state index in [1.165, 1.54) is 0 Å². The number of hydrogen-bond acceptors (Lipinski definition) is 3. The normalized spacial score (nSPS) is 12.1. The molecular formula is C10H17NO4. The van der Waals surface area contributed by atoms with Gasteiger partial charge >= 0.3 is 12.1 Å². The Morgan fingerprint density at radius 1 is 1.40 bits per heavy atom. The second kappa shape index (κ2) is 5.38. The van der Waals surface area contributed by atoms with E-state index in [1.54, 1.807) is 27.7 Å². The molecule has 0 aliphatic heterocycles. The minimum absolute atomic E-state index is 0.126. The standard InChI is InChI=1S/C10H17NO4/c1-5-7(8(12)13)6-11-9(14)15-10(2,3)4/h6H,5H2,1-4H3,(H,11,14)(H,12,13)/b7-6-. The van der Waals surface area contributed by atoms with Crippen molar-refractivity contribution in [2.45, 2.75) is 39.7 Å². The molecule has 1 amide bonds. The summed E-state index contributed by atoms with van der Waals surface area (Å²) in [7, 11) is 0. The number of ether oxygens (including phenoxy) is 1. The molecule has 2 N–H and O–H groups in total. The van der Waals surface area contributed by atoms with E-state index < -0.39 is 17.7 Å². The number of rotatable bonds is 3. The third-order valence-electron chi connectivity index (χ3n) is 1.42. The predicted molar refractivity (Wildman–Crippen MR) is 55.4 cm³/mol. The lowest BCUT2D eigenvalue weighted by Gasteiger charge is -2.18. The Balaban J connectivity index is 4.25. The number of carboxylic acids is 1. The van der Waals surface area contributed by atoms with Crippen molar-refractivity contribution in [2.75, 3.05) is 0 Å². The van der Waals surface area contributed by atoms with E-state index in [0.29, 0.717) is 6.42 Å². The highest BCUT2D eigenvalue weighted by Gasteiger charge is 2.15. The quantitative estimate of drug-likeness (QED) is 0.705. The lowest BCUT2D eigenvalue weighted by molar-refractivity contribution is -0.132. The summed E-state index contributed by atoms with van der Waals surface area (Å²) in [4.78, 5) is 21.7. The van der Waals surface area contributed by atoms with Crippen LogP contribution in [-0.2, 0) is 9.53 Å². The van der Waals surface area contributed by atoms with Crippen LogP contribution in [0.15, 0.2) is 11.8 Å². The molecule has 0 aromatic carbocycles. The topological polar surface area (TPSA) is 75.6 Å². The van der Waals surface area contributed by atoms with Crippen LogP contribution in [0.2, 0.25) is 0 Å². The van der Waals surface area contributed by atoms with Gasteiger partial charge in [-0.2, -0.15) is 0 Å². The van der Waals surface area contributed by atoms with E-state index in [4.69, 9.17) is 9.84 Å². The largest absolute Gasteiger partial charge is 0.478 e. The molecule has 0 unspecified atom stereocenters. The molecule has 0 rings (SSSR count). The van der Waals surface area contributed by atoms with Crippen LogP contribution in [0, 0.1) is 0 Å². The molecule has 0 aromatic rings. The summed E-state index contributed by atoms with van der Waals surface area (Å²) in [6.45, 7) is 6.88. The Kier molecular flexibility index (Phi) is 4.84. The SMILES string of the molecule is CC/C(=C/NC(=O)OC(C)(C)C)C(=O)O. The van der Waals surface area contributed by atoms with E-state index in [1.807, 2.05) is 0 Å². The first-order valence-corrected chi connectivity index (χ1v) is 4.68. The van der Waals surface area contributed by atoms with Crippen LogP contribution in [0.1, 0.15) is 34.1 Å². The van der Waals surface area contributed by atoms with Crippen molar-refractivity contribution in [3.05, 3.63) is 11.8 Å². The Bertz CT molecular complexity index is 276. The molecule has 0 saturated carbocycles. The van der Waals surface area contributed by atoms with Crippen molar-refractivity contribution < 1.29 is 19.4 Å². The Hall–Kier alpha value is -1.52. The van der Waals surface area contributed by atoms with Crippen molar-refractivity contribution in [3.8, 4) is 0 Å². The molecule has 5 nitrogen and oxygen atoms in total. The maximum atomic E-state index is 11.1. The van der Waals surface area contributed by atoms with E-state index in [0.717, 1.165) is 6.20 Å². The van der Waals surface area contributed by atoms with Crippen LogP contribution < -0.4 is 5.32 Å². The highest BCUT2D eigenvalue weighted by atomic mass is 16.6.